The van der Waals surface area contributed by atoms with Gasteiger partial charge in [0.15, 0.2) is 17.8 Å². The van der Waals surface area contributed by atoms with Crippen LogP contribution in [0.2, 0.25) is 0 Å². The fourth-order valence-electron chi connectivity index (χ4n) is 9.79. The van der Waals surface area contributed by atoms with Crippen molar-refractivity contribution in [1.29, 1.82) is 0 Å². The smallest absolute Gasteiger partial charge is 0.321 e. The van der Waals surface area contributed by atoms with Crippen molar-refractivity contribution in [3.05, 3.63) is 12.2 Å². The van der Waals surface area contributed by atoms with Crippen molar-refractivity contribution in [1.82, 2.24) is 0 Å². The van der Waals surface area contributed by atoms with Crippen LogP contribution >= 0.6 is 0 Å². The summed E-state index contributed by atoms with van der Waals surface area (Å²) >= 11 is 0. The molecule has 2 bridgehead atoms. The van der Waals surface area contributed by atoms with Crippen LogP contribution in [0.4, 0.5) is 0 Å². The van der Waals surface area contributed by atoms with Crippen molar-refractivity contribution in [3.63, 3.8) is 0 Å². The standard InChI is InChI=1S/C31H46O12/c1-14(2)9-21(33)43-24-23(35)22(34)18(13-32)42-26(24)41-17-11-29(4)19-6-5-16-10-30(19,25(36)15(16)3)8-7-20(29)31(12-17,27(37)38)28(39)40/h14,16-20,22-26,32,34-36H,3,5-13H2,1-2,4H3,(H,37,38)(H,39,40)/t16-,17+,18-,19+,20?,22-,23+,24-,25+,26-,29+,30-/m1/s1. The molecule has 5 aliphatic rings. The van der Waals surface area contributed by atoms with E-state index in [4.69, 9.17) is 14.2 Å². The number of esters is 1. The first-order chi connectivity index (χ1) is 20.1. The molecule has 43 heavy (non-hydrogen) atoms. The predicted octanol–water partition coefficient (Wildman–Crippen LogP) is 1.47. The number of carbonyl (C=O) groups excluding carboxylic acids is 1. The van der Waals surface area contributed by atoms with E-state index >= 15 is 0 Å². The van der Waals surface area contributed by atoms with Gasteiger partial charge in [-0.3, -0.25) is 14.4 Å². The maximum Gasteiger partial charge on any atom is 0.321 e. The van der Waals surface area contributed by atoms with Crippen LogP contribution in [-0.2, 0) is 28.6 Å². The lowest BCUT2D eigenvalue weighted by atomic mass is 9.40. The maximum atomic E-state index is 13.0. The minimum absolute atomic E-state index is 0.0121. The largest absolute Gasteiger partial charge is 0.480 e. The average molecular weight is 611 g/mol. The van der Waals surface area contributed by atoms with E-state index in [1.54, 1.807) is 13.8 Å². The van der Waals surface area contributed by atoms with Crippen molar-refractivity contribution in [3.8, 4) is 0 Å². The number of rotatable bonds is 8. The molecule has 1 heterocycles. The Balaban J connectivity index is 1.51. The number of carbonyl (C=O) groups is 3. The number of hydrogen-bond acceptors (Lipinski definition) is 10. The fourth-order valence-corrected chi connectivity index (χ4v) is 9.79. The summed E-state index contributed by atoms with van der Waals surface area (Å²) in [4.78, 5) is 38.6. The van der Waals surface area contributed by atoms with Gasteiger partial charge in [-0.2, -0.15) is 0 Å². The Labute approximate surface area is 251 Å². The Bertz CT molecular complexity index is 1120. The molecule has 5 rings (SSSR count). The summed E-state index contributed by atoms with van der Waals surface area (Å²) < 4.78 is 17.6. The van der Waals surface area contributed by atoms with E-state index in [-0.39, 0.29) is 30.6 Å². The maximum absolute atomic E-state index is 13.0. The minimum atomic E-state index is -2.20. The SMILES string of the molecule is C=C1[C@@H]2CC[C@@H]3[C@@](CCC4C(C(=O)O)(C(=O)O)C[C@@H](O[C@@H]5O[C@H](CO)[C@@H](O)[C@H](O)[C@H]5OC(=O)CC(C)C)C[C@]43C)(C2)[C@H]1O. The van der Waals surface area contributed by atoms with Gasteiger partial charge in [0.05, 0.1) is 18.8 Å². The quantitative estimate of drug-likeness (QED) is 0.100. The van der Waals surface area contributed by atoms with Crippen LogP contribution in [0.5, 0.6) is 0 Å². The van der Waals surface area contributed by atoms with E-state index in [1.807, 2.05) is 6.92 Å². The van der Waals surface area contributed by atoms with Gasteiger partial charge in [-0.15, -0.1) is 0 Å². The first-order valence-corrected chi connectivity index (χ1v) is 15.4. The number of carboxylic acid groups (broad SMARTS) is 2. The molecular weight excluding hydrogens is 564 g/mol. The average Bonchev–Trinajstić information content (AvgIpc) is 3.10. The highest BCUT2D eigenvalue weighted by Gasteiger charge is 2.72. The zero-order valence-corrected chi connectivity index (χ0v) is 25.1. The first kappa shape index (κ1) is 32.3. The third kappa shape index (κ3) is 4.93. The molecule has 0 aromatic heterocycles. The van der Waals surface area contributed by atoms with Crippen molar-refractivity contribution in [2.45, 2.75) is 115 Å². The lowest BCUT2D eigenvalue weighted by molar-refractivity contribution is -0.324. The summed E-state index contributed by atoms with van der Waals surface area (Å²) in [5.74, 6) is -4.45. The van der Waals surface area contributed by atoms with Crippen LogP contribution in [-0.4, -0.2) is 98.1 Å². The van der Waals surface area contributed by atoms with Crippen LogP contribution < -0.4 is 0 Å². The monoisotopic (exact) mass is 610 g/mol. The summed E-state index contributed by atoms with van der Waals surface area (Å²) in [6.07, 6.45) is -6.54. The molecule has 1 saturated heterocycles. The molecule has 12 nitrogen and oxygen atoms in total. The molecule has 0 aromatic rings. The van der Waals surface area contributed by atoms with Crippen LogP contribution in [0.3, 0.4) is 0 Å². The van der Waals surface area contributed by atoms with Gasteiger partial charge in [-0.05, 0) is 73.2 Å². The van der Waals surface area contributed by atoms with E-state index in [2.05, 4.69) is 6.58 Å². The fraction of sp³-hybridized carbons (Fsp3) is 0.839. The number of hydrogen-bond donors (Lipinski definition) is 6. The highest BCUT2D eigenvalue weighted by atomic mass is 16.7. The molecule has 6 N–H and O–H groups in total. The van der Waals surface area contributed by atoms with Crippen LogP contribution in [0.15, 0.2) is 12.2 Å². The molecule has 0 aromatic carbocycles. The summed E-state index contributed by atoms with van der Waals surface area (Å²) in [5, 5.41) is 63.8. The second-order valence-corrected chi connectivity index (χ2v) is 14.3. The number of carboxylic acids is 2. The number of aliphatic hydroxyl groups excluding tert-OH is 4. The Morgan fingerprint density at radius 3 is 2.28 bits per heavy atom. The van der Waals surface area contributed by atoms with Crippen molar-refractivity contribution < 1.29 is 59.2 Å². The van der Waals surface area contributed by atoms with E-state index in [0.717, 1.165) is 18.4 Å². The molecule has 12 heteroatoms. The zero-order chi connectivity index (χ0) is 31.6. The molecule has 242 valence electrons. The second-order valence-electron chi connectivity index (χ2n) is 14.3. The Hall–Kier alpha value is -2.09. The molecule has 1 spiro atoms. The molecule has 1 unspecified atom stereocenters. The summed E-state index contributed by atoms with van der Waals surface area (Å²) in [6.45, 7) is 8.99. The van der Waals surface area contributed by atoms with Crippen molar-refractivity contribution in [2.75, 3.05) is 6.61 Å². The third-order valence-corrected chi connectivity index (χ3v) is 11.6. The Morgan fingerprint density at radius 1 is 1.00 bits per heavy atom. The van der Waals surface area contributed by atoms with Gasteiger partial charge < -0.3 is 44.8 Å². The molecule has 0 amide bonds. The van der Waals surface area contributed by atoms with Gasteiger partial charge in [-0.25, -0.2) is 0 Å². The van der Waals surface area contributed by atoms with E-state index < -0.39 is 96.0 Å². The Kier molecular flexibility index (Phi) is 8.54. The third-order valence-electron chi connectivity index (χ3n) is 11.6. The number of aliphatic hydroxyl groups is 4. The summed E-state index contributed by atoms with van der Waals surface area (Å²) in [6, 6.07) is 0. The summed E-state index contributed by atoms with van der Waals surface area (Å²) in [7, 11) is 0. The van der Waals surface area contributed by atoms with E-state index in [9.17, 15) is 45.0 Å². The van der Waals surface area contributed by atoms with Gasteiger partial charge in [0, 0.05) is 18.3 Å². The lowest BCUT2D eigenvalue weighted by Crippen LogP contribution is -2.66. The van der Waals surface area contributed by atoms with E-state index in [0.29, 0.717) is 19.3 Å². The van der Waals surface area contributed by atoms with Crippen LogP contribution in [0.25, 0.3) is 0 Å². The van der Waals surface area contributed by atoms with Crippen molar-refractivity contribution >= 4 is 17.9 Å². The predicted molar refractivity (Wildman–Crippen MR) is 148 cm³/mol. The molecule has 5 fully saturated rings. The normalized spacial score (nSPS) is 45.3. The van der Waals surface area contributed by atoms with Gasteiger partial charge in [0.1, 0.15) is 18.3 Å². The number of ether oxygens (including phenoxy) is 3. The molecule has 4 aliphatic carbocycles. The molecule has 4 saturated carbocycles. The second kappa shape index (κ2) is 11.4. The van der Waals surface area contributed by atoms with Crippen LogP contribution in [0.1, 0.15) is 72.1 Å². The Morgan fingerprint density at radius 2 is 1.67 bits per heavy atom. The zero-order valence-electron chi connectivity index (χ0n) is 25.1. The molecule has 12 atom stereocenters. The lowest BCUT2D eigenvalue weighted by Gasteiger charge is -2.64. The number of aliphatic carboxylic acids is 2. The highest BCUT2D eigenvalue weighted by Crippen LogP contribution is 2.72. The van der Waals surface area contributed by atoms with Gasteiger partial charge in [-0.1, -0.05) is 27.4 Å². The van der Waals surface area contributed by atoms with E-state index in [1.165, 1.54) is 0 Å². The molecule has 0 radical (unpaired) electrons. The van der Waals surface area contributed by atoms with Gasteiger partial charge >= 0.3 is 17.9 Å². The molecular formula is C31H46O12. The first-order valence-electron chi connectivity index (χ1n) is 15.4. The highest BCUT2D eigenvalue weighted by molar-refractivity contribution is 5.99. The molecule has 1 aliphatic heterocycles. The topological polar surface area (TPSA) is 200 Å². The number of fused-ring (bicyclic) bond motifs is 3. The minimum Gasteiger partial charge on any atom is -0.480 e. The summed E-state index contributed by atoms with van der Waals surface area (Å²) in [5.41, 5.74) is -2.82. The van der Waals surface area contributed by atoms with Gasteiger partial charge in [0.25, 0.3) is 0 Å². The van der Waals surface area contributed by atoms with Crippen LogP contribution in [0, 0.1) is 39.9 Å². The van der Waals surface area contributed by atoms with Crippen molar-refractivity contribution in [2.24, 2.45) is 39.9 Å². The van der Waals surface area contributed by atoms with Gasteiger partial charge in [0.2, 0.25) is 0 Å².